The highest BCUT2D eigenvalue weighted by Gasteiger charge is 1.72. The summed E-state index contributed by atoms with van der Waals surface area (Å²) in [6.07, 6.45) is 7.53. The van der Waals surface area contributed by atoms with Crippen LogP contribution in [0.25, 0.3) is 0 Å². The van der Waals surface area contributed by atoms with Crippen molar-refractivity contribution in [2.24, 2.45) is 4.99 Å². The maximum atomic E-state index is 3.99. The summed E-state index contributed by atoms with van der Waals surface area (Å²) < 4.78 is 0. The summed E-state index contributed by atoms with van der Waals surface area (Å²) in [6.45, 7) is 5.96. The Bertz CT molecular complexity index is 141. The highest BCUT2D eigenvalue weighted by Crippen LogP contribution is 1.85. The van der Waals surface area contributed by atoms with E-state index in [1.54, 1.807) is 6.20 Å². The summed E-state index contributed by atoms with van der Waals surface area (Å²) >= 11 is 0. The second kappa shape index (κ2) is 5.29. The Balaban J connectivity index is 3.71. The van der Waals surface area contributed by atoms with Gasteiger partial charge in [-0.3, -0.25) is 4.99 Å². The van der Waals surface area contributed by atoms with Crippen LogP contribution in [0.4, 0.5) is 0 Å². The standard InChI is InChI=1S/C8H13N/c1-4-6-9-7-8(3)5-2/h4-7H,1-3H3. The van der Waals surface area contributed by atoms with Crippen molar-refractivity contribution in [2.75, 3.05) is 0 Å². The van der Waals surface area contributed by atoms with Crippen molar-refractivity contribution in [3.63, 3.8) is 0 Å². The topological polar surface area (TPSA) is 12.4 Å². The van der Waals surface area contributed by atoms with Crippen LogP contribution in [-0.4, -0.2) is 6.21 Å². The van der Waals surface area contributed by atoms with E-state index >= 15 is 0 Å². The second-order valence-corrected chi connectivity index (χ2v) is 1.79. The first kappa shape index (κ1) is 8.15. The van der Waals surface area contributed by atoms with E-state index in [4.69, 9.17) is 0 Å². The van der Waals surface area contributed by atoms with Gasteiger partial charge in [0.2, 0.25) is 0 Å². The quantitative estimate of drug-likeness (QED) is 0.500. The SMILES string of the molecule is CC=CN=CC(C)=CC. The van der Waals surface area contributed by atoms with Gasteiger partial charge in [0.05, 0.1) is 0 Å². The molecule has 0 bridgehead atoms. The Morgan fingerprint density at radius 1 is 1.33 bits per heavy atom. The van der Waals surface area contributed by atoms with Crippen LogP contribution in [0.2, 0.25) is 0 Å². The van der Waals surface area contributed by atoms with Crippen molar-refractivity contribution >= 4 is 6.21 Å². The molecule has 50 valence electrons. The molecule has 0 aromatic carbocycles. The highest BCUT2D eigenvalue weighted by atomic mass is 14.7. The molecule has 0 aliphatic rings. The number of rotatable bonds is 2. The molecule has 0 unspecified atom stereocenters. The molecule has 0 radical (unpaired) electrons. The molecule has 0 spiro atoms. The number of hydrogen-bond acceptors (Lipinski definition) is 1. The predicted molar refractivity (Wildman–Crippen MR) is 42.7 cm³/mol. The van der Waals surface area contributed by atoms with Gasteiger partial charge in [-0.15, -0.1) is 0 Å². The zero-order valence-electron chi connectivity index (χ0n) is 6.26. The Kier molecular flexibility index (Phi) is 4.79. The van der Waals surface area contributed by atoms with Crippen LogP contribution in [0.15, 0.2) is 28.9 Å². The van der Waals surface area contributed by atoms with E-state index in [1.165, 1.54) is 5.57 Å². The summed E-state index contributed by atoms with van der Waals surface area (Å²) in [4.78, 5) is 3.99. The number of nitrogens with zero attached hydrogens (tertiary/aromatic N) is 1. The van der Waals surface area contributed by atoms with Gasteiger partial charge in [-0.2, -0.15) is 0 Å². The third-order valence-corrected chi connectivity index (χ3v) is 0.969. The van der Waals surface area contributed by atoms with Crippen molar-refractivity contribution in [1.29, 1.82) is 0 Å². The molecule has 0 aliphatic carbocycles. The summed E-state index contributed by atoms with van der Waals surface area (Å²) in [6, 6.07) is 0. The smallest absolute Gasteiger partial charge is 0.0293 e. The van der Waals surface area contributed by atoms with Crippen molar-refractivity contribution in [3.8, 4) is 0 Å². The second-order valence-electron chi connectivity index (χ2n) is 1.79. The van der Waals surface area contributed by atoms with Gasteiger partial charge in [0.15, 0.2) is 0 Å². The van der Waals surface area contributed by atoms with E-state index in [2.05, 4.69) is 4.99 Å². The van der Waals surface area contributed by atoms with Gasteiger partial charge in [0, 0.05) is 12.4 Å². The number of hydrogen-bond donors (Lipinski definition) is 0. The number of allylic oxidation sites excluding steroid dienone is 3. The van der Waals surface area contributed by atoms with Crippen LogP contribution in [0.3, 0.4) is 0 Å². The summed E-state index contributed by atoms with van der Waals surface area (Å²) in [7, 11) is 0. The van der Waals surface area contributed by atoms with Crippen LogP contribution in [0.1, 0.15) is 20.8 Å². The minimum Gasteiger partial charge on any atom is -0.265 e. The molecule has 0 aromatic heterocycles. The number of aliphatic imine (C=N–C) groups is 1. The van der Waals surface area contributed by atoms with Gasteiger partial charge >= 0.3 is 0 Å². The van der Waals surface area contributed by atoms with E-state index in [1.807, 2.05) is 39.1 Å². The molecule has 1 nitrogen and oxygen atoms in total. The largest absolute Gasteiger partial charge is 0.265 e. The Morgan fingerprint density at radius 2 is 2.00 bits per heavy atom. The average molecular weight is 123 g/mol. The minimum atomic E-state index is 1.19. The Hall–Kier alpha value is -0.850. The third kappa shape index (κ3) is 5.01. The third-order valence-electron chi connectivity index (χ3n) is 0.969. The molecule has 0 heterocycles. The first-order chi connectivity index (χ1) is 4.31. The van der Waals surface area contributed by atoms with E-state index in [9.17, 15) is 0 Å². The molecular weight excluding hydrogens is 110 g/mol. The van der Waals surface area contributed by atoms with Crippen molar-refractivity contribution in [2.45, 2.75) is 20.8 Å². The van der Waals surface area contributed by atoms with E-state index in [0.29, 0.717) is 0 Å². The molecule has 0 aliphatic heterocycles. The maximum absolute atomic E-state index is 3.99. The van der Waals surface area contributed by atoms with Gasteiger partial charge in [-0.1, -0.05) is 12.2 Å². The zero-order chi connectivity index (χ0) is 7.11. The molecule has 0 fully saturated rings. The fraction of sp³-hybridized carbons (Fsp3) is 0.375. The van der Waals surface area contributed by atoms with Gasteiger partial charge in [0.1, 0.15) is 0 Å². The van der Waals surface area contributed by atoms with E-state index in [0.717, 1.165) is 0 Å². The van der Waals surface area contributed by atoms with E-state index in [-0.39, 0.29) is 0 Å². The van der Waals surface area contributed by atoms with Crippen LogP contribution in [0.5, 0.6) is 0 Å². The fourth-order valence-electron chi connectivity index (χ4n) is 0.321. The lowest BCUT2D eigenvalue weighted by Gasteiger charge is -1.82. The summed E-state index contributed by atoms with van der Waals surface area (Å²) in [5.74, 6) is 0. The monoisotopic (exact) mass is 123 g/mol. The Morgan fingerprint density at radius 3 is 2.44 bits per heavy atom. The van der Waals surface area contributed by atoms with E-state index < -0.39 is 0 Å². The molecule has 0 saturated heterocycles. The van der Waals surface area contributed by atoms with Gasteiger partial charge in [-0.05, 0) is 26.3 Å². The molecule has 1 heteroatoms. The molecule has 0 atom stereocenters. The predicted octanol–water partition coefficient (Wildman–Crippen LogP) is 2.56. The van der Waals surface area contributed by atoms with Crippen LogP contribution in [-0.2, 0) is 0 Å². The van der Waals surface area contributed by atoms with Crippen molar-refractivity contribution in [1.82, 2.24) is 0 Å². The maximum Gasteiger partial charge on any atom is 0.0293 e. The van der Waals surface area contributed by atoms with Crippen LogP contribution in [0, 0.1) is 0 Å². The van der Waals surface area contributed by atoms with Crippen LogP contribution < -0.4 is 0 Å². The zero-order valence-corrected chi connectivity index (χ0v) is 6.26. The molecule has 9 heavy (non-hydrogen) atoms. The normalized spacial score (nSPS) is 13.9. The van der Waals surface area contributed by atoms with Gasteiger partial charge in [0.25, 0.3) is 0 Å². The molecular formula is C8H13N. The summed E-state index contributed by atoms with van der Waals surface area (Å²) in [5.41, 5.74) is 1.19. The molecule has 0 saturated carbocycles. The highest BCUT2D eigenvalue weighted by molar-refractivity contribution is 5.77. The molecule has 0 N–H and O–H groups in total. The molecule has 0 rings (SSSR count). The fourth-order valence-corrected chi connectivity index (χ4v) is 0.321. The van der Waals surface area contributed by atoms with Crippen molar-refractivity contribution in [3.05, 3.63) is 23.9 Å². The van der Waals surface area contributed by atoms with Gasteiger partial charge < -0.3 is 0 Å². The Labute approximate surface area is 56.8 Å². The first-order valence-corrected chi connectivity index (χ1v) is 3.08. The lowest BCUT2D eigenvalue weighted by atomic mass is 10.3. The van der Waals surface area contributed by atoms with Crippen LogP contribution >= 0.6 is 0 Å². The lowest BCUT2D eigenvalue weighted by molar-refractivity contribution is 1.49. The first-order valence-electron chi connectivity index (χ1n) is 3.08. The van der Waals surface area contributed by atoms with Crippen molar-refractivity contribution < 1.29 is 0 Å². The average Bonchev–Trinajstić information content (AvgIpc) is 1.89. The molecule has 0 amide bonds. The molecule has 0 aromatic rings. The lowest BCUT2D eigenvalue weighted by Crippen LogP contribution is -1.72. The summed E-state index contributed by atoms with van der Waals surface area (Å²) in [5, 5.41) is 0. The minimum absolute atomic E-state index is 1.19. The van der Waals surface area contributed by atoms with Gasteiger partial charge in [-0.25, -0.2) is 0 Å².